The second kappa shape index (κ2) is 7.33. The van der Waals surface area contributed by atoms with Gasteiger partial charge in [-0.05, 0) is 68.2 Å². The Morgan fingerprint density at radius 2 is 1.70 bits per heavy atom. The molecular weight excluding hydrogens is 332 g/mol. The normalized spacial score (nSPS) is 26.3. The van der Waals surface area contributed by atoms with Crippen molar-refractivity contribution in [2.24, 2.45) is 5.41 Å². The van der Waals surface area contributed by atoms with Gasteiger partial charge in [-0.2, -0.15) is 0 Å². The van der Waals surface area contributed by atoms with E-state index in [4.69, 9.17) is 0 Å². The van der Waals surface area contributed by atoms with Crippen LogP contribution in [-0.4, -0.2) is 52.0 Å². The second-order valence-electron chi connectivity index (χ2n) is 8.91. The van der Waals surface area contributed by atoms with E-state index in [0.29, 0.717) is 11.3 Å². The van der Waals surface area contributed by atoms with Crippen LogP contribution in [0.15, 0.2) is 48.8 Å². The van der Waals surface area contributed by atoms with Crippen LogP contribution in [0.1, 0.15) is 49.4 Å². The molecule has 4 nitrogen and oxygen atoms in total. The third kappa shape index (κ3) is 3.92. The molecule has 0 radical (unpaired) electrons. The van der Waals surface area contributed by atoms with Crippen LogP contribution in [0, 0.1) is 5.41 Å². The largest absolute Gasteiger partial charge is 0.299 e. The number of aromatic nitrogens is 2. The molecule has 0 amide bonds. The first-order valence-electron chi connectivity index (χ1n) is 10.6. The molecule has 0 bridgehead atoms. The van der Waals surface area contributed by atoms with Gasteiger partial charge in [-0.1, -0.05) is 30.3 Å². The van der Waals surface area contributed by atoms with Crippen LogP contribution in [0.25, 0.3) is 0 Å². The van der Waals surface area contributed by atoms with Crippen molar-refractivity contribution in [3.05, 3.63) is 60.2 Å². The van der Waals surface area contributed by atoms with Crippen molar-refractivity contribution in [1.82, 2.24) is 19.8 Å². The molecule has 4 heteroatoms. The van der Waals surface area contributed by atoms with Gasteiger partial charge in [0.2, 0.25) is 0 Å². The van der Waals surface area contributed by atoms with Crippen molar-refractivity contribution in [2.75, 3.05) is 26.2 Å². The molecule has 2 aliphatic heterocycles. The summed E-state index contributed by atoms with van der Waals surface area (Å²) in [5.74, 6) is 1.66. The molecule has 1 aromatic carbocycles. The quantitative estimate of drug-likeness (QED) is 0.830. The highest BCUT2D eigenvalue weighted by Crippen LogP contribution is 2.47. The van der Waals surface area contributed by atoms with Crippen LogP contribution in [0.2, 0.25) is 0 Å². The molecule has 27 heavy (non-hydrogen) atoms. The average Bonchev–Trinajstić information content (AvgIpc) is 3.57. The van der Waals surface area contributed by atoms with E-state index in [-0.39, 0.29) is 0 Å². The summed E-state index contributed by atoms with van der Waals surface area (Å²) in [5.41, 5.74) is 2.04. The molecule has 1 spiro atoms. The summed E-state index contributed by atoms with van der Waals surface area (Å²) >= 11 is 0. The highest BCUT2D eigenvalue weighted by Gasteiger charge is 2.45. The van der Waals surface area contributed by atoms with E-state index in [0.717, 1.165) is 18.4 Å². The summed E-state index contributed by atoms with van der Waals surface area (Å²) in [6.07, 6.45) is 10.5. The minimum Gasteiger partial charge on any atom is -0.299 e. The zero-order valence-electron chi connectivity index (χ0n) is 16.1. The summed E-state index contributed by atoms with van der Waals surface area (Å²) in [4.78, 5) is 14.2. The van der Waals surface area contributed by atoms with E-state index in [9.17, 15) is 0 Å². The van der Waals surface area contributed by atoms with E-state index >= 15 is 0 Å². The topological polar surface area (TPSA) is 32.3 Å². The minimum atomic E-state index is 0.495. The maximum Gasteiger partial charge on any atom is 0.142 e. The average molecular weight is 363 g/mol. The Hall–Kier alpha value is -1.78. The monoisotopic (exact) mass is 362 g/mol. The fraction of sp³-hybridized carbons (Fsp3) is 0.565. The summed E-state index contributed by atoms with van der Waals surface area (Å²) in [6, 6.07) is 14.0. The standard InChI is InChI=1S/C23H30N4/c1-2-5-19(6-3-1)20-15-23(18-27(16-20)21-7-8-21)9-13-26(14-10-23)17-22-24-11-4-12-25-22/h1-6,11-12,20-21H,7-10,13-18H2/t20-/m1/s1. The van der Waals surface area contributed by atoms with Gasteiger partial charge in [0.05, 0.1) is 6.54 Å². The summed E-state index contributed by atoms with van der Waals surface area (Å²) in [5, 5.41) is 0. The molecule has 1 saturated carbocycles. The van der Waals surface area contributed by atoms with Crippen LogP contribution in [0.3, 0.4) is 0 Å². The molecule has 142 valence electrons. The van der Waals surface area contributed by atoms with Crippen LogP contribution >= 0.6 is 0 Å². The number of nitrogens with zero attached hydrogens (tertiary/aromatic N) is 4. The lowest BCUT2D eigenvalue weighted by molar-refractivity contribution is 0.00773. The molecule has 0 unspecified atom stereocenters. The maximum atomic E-state index is 4.41. The Balaban J connectivity index is 1.28. The third-order valence-electron chi connectivity index (χ3n) is 6.91. The molecule has 1 atom stereocenters. The van der Waals surface area contributed by atoms with Gasteiger partial charge >= 0.3 is 0 Å². The third-order valence-corrected chi connectivity index (χ3v) is 6.91. The van der Waals surface area contributed by atoms with E-state index in [1.165, 1.54) is 58.3 Å². The molecular formula is C23H30N4. The zero-order chi connectivity index (χ0) is 18.1. The number of likely N-dealkylation sites (tertiary alicyclic amines) is 2. The SMILES string of the molecule is c1ccc([C@H]2CN(C3CC3)CC3(CCN(Cc4ncccn4)CC3)C2)cc1. The number of hydrogen-bond donors (Lipinski definition) is 0. The first-order chi connectivity index (χ1) is 13.3. The first kappa shape index (κ1) is 17.3. The minimum absolute atomic E-state index is 0.495. The Bertz CT molecular complexity index is 735. The van der Waals surface area contributed by atoms with Crippen LogP contribution in [0.4, 0.5) is 0 Å². The lowest BCUT2D eigenvalue weighted by Crippen LogP contribution is -2.52. The number of benzene rings is 1. The highest BCUT2D eigenvalue weighted by molar-refractivity contribution is 5.22. The predicted octanol–water partition coefficient (Wildman–Crippen LogP) is 3.71. The van der Waals surface area contributed by atoms with Gasteiger partial charge in [-0.25, -0.2) is 9.97 Å². The van der Waals surface area contributed by atoms with Crippen molar-refractivity contribution in [3.63, 3.8) is 0 Å². The summed E-state index contributed by atoms with van der Waals surface area (Å²) in [6.45, 7) is 5.83. The van der Waals surface area contributed by atoms with Crippen LogP contribution in [0.5, 0.6) is 0 Å². The lowest BCUT2D eigenvalue weighted by Gasteiger charge is -2.50. The fourth-order valence-electron chi connectivity index (χ4n) is 5.26. The Kier molecular flexibility index (Phi) is 4.70. The van der Waals surface area contributed by atoms with Crippen LogP contribution in [-0.2, 0) is 6.54 Å². The van der Waals surface area contributed by atoms with Crippen molar-refractivity contribution >= 4 is 0 Å². The molecule has 1 aliphatic carbocycles. The Morgan fingerprint density at radius 1 is 0.963 bits per heavy atom. The van der Waals surface area contributed by atoms with E-state index in [1.54, 1.807) is 5.56 Å². The maximum absolute atomic E-state index is 4.41. The molecule has 3 fully saturated rings. The van der Waals surface area contributed by atoms with Gasteiger partial charge < -0.3 is 0 Å². The van der Waals surface area contributed by atoms with Gasteiger partial charge in [-0.3, -0.25) is 9.80 Å². The van der Waals surface area contributed by atoms with Gasteiger partial charge in [0, 0.05) is 31.5 Å². The molecule has 0 N–H and O–H groups in total. The van der Waals surface area contributed by atoms with E-state index < -0.39 is 0 Å². The molecule has 3 aliphatic rings. The van der Waals surface area contributed by atoms with Gasteiger partial charge in [0.1, 0.15) is 5.82 Å². The molecule has 2 saturated heterocycles. The van der Waals surface area contributed by atoms with Gasteiger partial charge in [0.25, 0.3) is 0 Å². The van der Waals surface area contributed by atoms with Gasteiger partial charge in [0.15, 0.2) is 0 Å². The summed E-state index contributed by atoms with van der Waals surface area (Å²) in [7, 11) is 0. The number of hydrogen-bond acceptors (Lipinski definition) is 4. The lowest BCUT2D eigenvalue weighted by atomic mass is 9.68. The number of piperidine rings is 2. The fourth-order valence-corrected chi connectivity index (χ4v) is 5.26. The molecule has 1 aromatic heterocycles. The Morgan fingerprint density at radius 3 is 2.41 bits per heavy atom. The van der Waals surface area contributed by atoms with Crippen molar-refractivity contribution in [2.45, 2.75) is 50.6 Å². The second-order valence-corrected chi connectivity index (χ2v) is 8.91. The molecule has 5 rings (SSSR count). The summed E-state index contributed by atoms with van der Waals surface area (Å²) < 4.78 is 0. The van der Waals surface area contributed by atoms with Crippen molar-refractivity contribution in [1.29, 1.82) is 0 Å². The van der Waals surface area contributed by atoms with Crippen molar-refractivity contribution < 1.29 is 0 Å². The first-order valence-corrected chi connectivity index (χ1v) is 10.6. The highest BCUT2D eigenvalue weighted by atomic mass is 15.2. The molecule has 2 aromatic rings. The van der Waals surface area contributed by atoms with Crippen LogP contribution < -0.4 is 0 Å². The zero-order valence-corrected chi connectivity index (χ0v) is 16.1. The smallest absolute Gasteiger partial charge is 0.142 e. The van der Waals surface area contributed by atoms with Gasteiger partial charge in [-0.15, -0.1) is 0 Å². The predicted molar refractivity (Wildman–Crippen MR) is 107 cm³/mol. The molecule has 3 heterocycles. The number of rotatable bonds is 4. The van der Waals surface area contributed by atoms with E-state index in [1.807, 2.05) is 18.5 Å². The Labute approximate surface area is 162 Å². The van der Waals surface area contributed by atoms with E-state index in [2.05, 4.69) is 50.1 Å². The van der Waals surface area contributed by atoms with Crippen molar-refractivity contribution in [3.8, 4) is 0 Å².